The summed E-state index contributed by atoms with van der Waals surface area (Å²) in [5, 5.41) is 3.46. The van der Waals surface area contributed by atoms with Gasteiger partial charge in [0.15, 0.2) is 0 Å². The Morgan fingerprint density at radius 1 is 1.03 bits per heavy atom. The van der Waals surface area contributed by atoms with Crippen LogP contribution in [0.2, 0.25) is 0 Å². The predicted molar refractivity (Wildman–Crippen MR) is 129 cm³/mol. The number of rotatable bonds is 6. The van der Waals surface area contributed by atoms with Gasteiger partial charge in [0.1, 0.15) is 12.4 Å². The quantitative estimate of drug-likeness (QED) is 0.603. The summed E-state index contributed by atoms with van der Waals surface area (Å²) in [4.78, 5) is 19.4. The molecule has 2 saturated heterocycles. The molecule has 5 nitrogen and oxygen atoms in total. The lowest BCUT2D eigenvalue weighted by Crippen LogP contribution is -2.52. The third-order valence-corrected chi connectivity index (χ3v) is 6.90. The van der Waals surface area contributed by atoms with E-state index in [1.165, 1.54) is 11.1 Å². The SMILES string of the molecule is O=C1CCCC[C@]2(CN(Cc3cccc(OCc4ccccn4)c3)C[C@H]2c2ccccc2)N1. The number of benzene rings is 2. The lowest BCUT2D eigenvalue weighted by Gasteiger charge is -2.35. The number of pyridine rings is 1. The minimum absolute atomic E-state index is 0.192. The molecule has 3 heterocycles. The Kier molecular flexibility index (Phi) is 6.40. The van der Waals surface area contributed by atoms with E-state index in [1.54, 1.807) is 6.20 Å². The molecule has 2 atom stereocenters. The second-order valence-corrected chi connectivity index (χ2v) is 9.30. The molecule has 2 aliphatic heterocycles. The molecular formula is C28H31N3O2. The molecule has 0 radical (unpaired) electrons. The van der Waals surface area contributed by atoms with Crippen molar-refractivity contribution in [2.45, 2.75) is 50.3 Å². The maximum atomic E-state index is 12.6. The van der Waals surface area contributed by atoms with Crippen LogP contribution >= 0.6 is 0 Å². The maximum Gasteiger partial charge on any atom is 0.220 e. The normalized spacial score (nSPS) is 23.3. The fraction of sp³-hybridized carbons (Fsp3) is 0.357. The third kappa shape index (κ3) is 5.09. The molecule has 2 aromatic carbocycles. The van der Waals surface area contributed by atoms with Gasteiger partial charge in [0.2, 0.25) is 5.91 Å². The van der Waals surface area contributed by atoms with Crippen LogP contribution in [0, 0.1) is 0 Å². The number of hydrogen-bond donors (Lipinski definition) is 1. The van der Waals surface area contributed by atoms with Gasteiger partial charge in [0, 0.05) is 38.2 Å². The van der Waals surface area contributed by atoms with Crippen molar-refractivity contribution in [2.24, 2.45) is 0 Å². The van der Waals surface area contributed by atoms with Crippen molar-refractivity contribution < 1.29 is 9.53 Å². The van der Waals surface area contributed by atoms with Gasteiger partial charge in [-0.15, -0.1) is 0 Å². The summed E-state index contributed by atoms with van der Waals surface area (Å²) in [7, 11) is 0. The Morgan fingerprint density at radius 3 is 2.76 bits per heavy atom. The second kappa shape index (κ2) is 9.75. The topological polar surface area (TPSA) is 54.5 Å². The third-order valence-electron chi connectivity index (χ3n) is 6.90. The maximum absolute atomic E-state index is 12.6. The molecule has 0 bridgehead atoms. The molecule has 170 valence electrons. The average molecular weight is 442 g/mol. The number of nitrogens with zero attached hydrogens (tertiary/aromatic N) is 2. The molecule has 5 rings (SSSR count). The van der Waals surface area contributed by atoms with Crippen molar-refractivity contribution >= 4 is 5.91 Å². The number of likely N-dealkylation sites (tertiary alicyclic amines) is 1. The molecule has 2 fully saturated rings. The summed E-state index contributed by atoms with van der Waals surface area (Å²) in [6.07, 6.45) is 5.52. The zero-order valence-corrected chi connectivity index (χ0v) is 19.0. The molecule has 1 N–H and O–H groups in total. The van der Waals surface area contributed by atoms with Gasteiger partial charge in [-0.2, -0.15) is 0 Å². The van der Waals surface area contributed by atoms with Gasteiger partial charge in [0.25, 0.3) is 0 Å². The van der Waals surface area contributed by atoms with Gasteiger partial charge < -0.3 is 10.1 Å². The van der Waals surface area contributed by atoms with E-state index in [0.717, 1.165) is 50.3 Å². The van der Waals surface area contributed by atoms with Gasteiger partial charge in [0.05, 0.1) is 11.2 Å². The van der Waals surface area contributed by atoms with E-state index in [0.29, 0.717) is 18.9 Å². The number of amides is 1. The first-order chi connectivity index (χ1) is 16.2. The number of carbonyl (C=O) groups excluding carboxylic acids is 1. The fourth-order valence-electron chi connectivity index (χ4n) is 5.38. The van der Waals surface area contributed by atoms with Crippen LogP contribution in [0.15, 0.2) is 79.0 Å². The average Bonchev–Trinajstić information content (AvgIpc) is 3.07. The highest BCUT2D eigenvalue weighted by atomic mass is 16.5. The molecule has 5 heteroatoms. The van der Waals surface area contributed by atoms with Crippen molar-refractivity contribution in [3.63, 3.8) is 0 Å². The van der Waals surface area contributed by atoms with E-state index in [4.69, 9.17) is 4.74 Å². The van der Waals surface area contributed by atoms with E-state index in [2.05, 4.69) is 63.7 Å². The van der Waals surface area contributed by atoms with E-state index in [9.17, 15) is 4.79 Å². The molecule has 3 aromatic rings. The molecule has 0 aliphatic carbocycles. The zero-order valence-electron chi connectivity index (χ0n) is 19.0. The second-order valence-electron chi connectivity index (χ2n) is 9.30. The van der Waals surface area contributed by atoms with Crippen LogP contribution < -0.4 is 10.1 Å². The summed E-state index contributed by atoms with van der Waals surface area (Å²) in [5.74, 6) is 1.35. The van der Waals surface area contributed by atoms with Gasteiger partial charge in [-0.1, -0.05) is 55.0 Å². The highest BCUT2D eigenvalue weighted by molar-refractivity contribution is 5.77. The van der Waals surface area contributed by atoms with Gasteiger partial charge >= 0.3 is 0 Å². The summed E-state index contributed by atoms with van der Waals surface area (Å²) in [6, 6.07) is 24.9. The summed E-state index contributed by atoms with van der Waals surface area (Å²) < 4.78 is 5.99. The molecular weight excluding hydrogens is 410 g/mol. The Hall–Kier alpha value is -3.18. The van der Waals surface area contributed by atoms with Crippen molar-refractivity contribution in [2.75, 3.05) is 13.1 Å². The first-order valence-corrected chi connectivity index (χ1v) is 11.9. The molecule has 2 aliphatic rings. The lowest BCUT2D eigenvalue weighted by atomic mass is 9.79. The van der Waals surface area contributed by atoms with Crippen molar-refractivity contribution in [1.82, 2.24) is 15.2 Å². The summed E-state index contributed by atoms with van der Waals surface area (Å²) in [6.45, 7) is 3.10. The van der Waals surface area contributed by atoms with Crippen molar-refractivity contribution in [3.8, 4) is 5.75 Å². The number of aromatic nitrogens is 1. The minimum Gasteiger partial charge on any atom is -0.487 e. The standard InChI is InChI=1S/C28H31N3O2/c32-27-14-4-6-15-28(30-27)21-31(19-26(28)23-10-2-1-3-11-23)18-22-9-8-13-25(17-22)33-20-24-12-5-7-16-29-24/h1-3,5,7-13,16-17,26H,4,6,14-15,18-21H2,(H,30,32)/t26-,28+/m0/s1. The Labute approximate surface area is 195 Å². The highest BCUT2D eigenvalue weighted by Gasteiger charge is 2.48. The molecule has 33 heavy (non-hydrogen) atoms. The summed E-state index contributed by atoms with van der Waals surface area (Å²) >= 11 is 0. The Bertz CT molecular complexity index is 1070. The first-order valence-electron chi connectivity index (χ1n) is 11.9. The van der Waals surface area contributed by atoms with E-state index < -0.39 is 0 Å². The van der Waals surface area contributed by atoms with E-state index in [1.807, 2.05) is 24.3 Å². The Balaban J connectivity index is 1.32. The van der Waals surface area contributed by atoms with E-state index in [-0.39, 0.29) is 11.4 Å². The molecule has 1 aromatic heterocycles. The molecule has 1 spiro atoms. The molecule has 1 amide bonds. The van der Waals surface area contributed by atoms with Crippen LogP contribution in [0.3, 0.4) is 0 Å². The molecule has 0 saturated carbocycles. The summed E-state index contributed by atoms with van der Waals surface area (Å²) in [5.41, 5.74) is 3.26. The number of carbonyl (C=O) groups is 1. The number of ether oxygens (including phenoxy) is 1. The van der Waals surface area contributed by atoms with Crippen LogP contribution in [0.25, 0.3) is 0 Å². The minimum atomic E-state index is -0.192. The van der Waals surface area contributed by atoms with Gasteiger partial charge in [-0.3, -0.25) is 14.7 Å². The lowest BCUT2D eigenvalue weighted by molar-refractivity contribution is -0.122. The number of hydrogen-bond acceptors (Lipinski definition) is 4. The van der Waals surface area contributed by atoms with E-state index >= 15 is 0 Å². The van der Waals surface area contributed by atoms with Crippen LogP contribution in [-0.2, 0) is 17.9 Å². The van der Waals surface area contributed by atoms with Crippen LogP contribution in [0.5, 0.6) is 5.75 Å². The largest absolute Gasteiger partial charge is 0.487 e. The van der Waals surface area contributed by atoms with Crippen LogP contribution in [0.1, 0.15) is 48.4 Å². The highest BCUT2D eigenvalue weighted by Crippen LogP contribution is 2.41. The monoisotopic (exact) mass is 441 g/mol. The zero-order chi connectivity index (χ0) is 22.5. The van der Waals surface area contributed by atoms with Crippen molar-refractivity contribution in [3.05, 3.63) is 95.8 Å². The van der Waals surface area contributed by atoms with Crippen LogP contribution in [0.4, 0.5) is 0 Å². The smallest absolute Gasteiger partial charge is 0.220 e. The van der Waals surface area contributed by atoms with Crippen LogP contribution in [-0.4, -0.2) is 34.4 Å². The Morgan fingerprint density at radius 2 is 1.91 bits per heavy atom. The van der Waals surface area contributed by atoms with Crippen molar-refractivity contribution in [1.29, 1.82) is 0 Å². The van der Waals surface area contributed by atoms with Gasteiger partial charge in [-0.25, -0.2) is 0 Å². The van der Waals surface area contributed by atoms with Gasteiger partial charge in [-0.05, 0) is 48.2 Å². The number of nitrogens with one attached hydrogen (secondary N) is 1. The predicted octanol–water partition coefficient (Wildman–Crippen LogP) is 4.69. The molecule has 0 unspecified atom stereocenters. The fourth-order valence-corrected chi connectivity index (χ4v) is 5.38. The first kappa shape index (κ1) is 21.7.